The van der Waals surface area contributed by atoms with Crippen LogP contribution in [0.4, 0.5) is 0 Å². The quantitative estimate of drug-likeness (QED) is 0.0320. The molecular formula is C67H129NO5. The van der Waals surface area contributed by atoms with Crippen molar-refractivity contribution in [3.63, 3.8) is 0 Å². The van der Waals surface area contributed by atoms with Gasteiger partial charge in [-0.2, -0.15) is 0 Å². The third-order valence-corrected chi connectivity index (χ3v) is 15.5. The summed E-state index contributed by atoms with van der Waals surface area (Å²) in [6, 6.07) is -0.628. The van der Waals surface area contributed by atoms with Crippen LogP contribution in [0.25, 0.3) is 0 Å². The van der Waals surface area contributed by atoms with Gasteiger partial charge >= 0.3 is 5.97 Å². The van der Waals surface area contributed by atoms with E-state index < -0.39 is 12.1 Å². The maximum Gasteiger partial charge on any atom is 0.305 e. The maximum atomic E-state index is 12.5. The van der Waals surface area contributed by atoms with E-state index in [0.717, 1.165) is 38.5 Å². The number of unbranched alkanes of at least 4 members (excludes halogenated alkanes) is 49. The Morgan fingerprint density at radius 2 is 0.644 bits per heavy atom. The van der Waals surface area contributed by atoms with Crippen LogP contribution in [0.5, 0.6) is 0 Å². The summed E-state index contributed by atoms with van der Waals surface area (Å²) in [5, 5.41) is 23.1. The molecule has 2 atom stereocenters. The van der Waals surface area contributed by atoms with Crippen molar-refractivity contribution in [2.75, 3.05) is 13.2 Å². The number of ether oxygens (including phenoxy) is 1. The average molecular weight is 1030 g/mol. The van der Waals surface area contributed by atoms with Gasteiger partial charge in [0.05, 0.1) is 25.4 Å². The lowest BCUT2D eigenvalue weighted by Gasteiger charge is -2.20. The van der Waals surface area contributed by atoms with E-state index in [-0.39, 0.29) is 18.5 Å². The highest BCUT2D eigenvalue weighted by atomic mass is 16.5. The van der Waals surface area contributed by atoms with Gasteiger partial charge in [0.2, 0.25) is 5.91 Å². The van der Waals surface area contributed by atoms with E-state index in [0.29, 0.717) is 19.4 Å². The van der Waals surface area contributed by atoms with Crippen LogP contribution in [-0.2, 0) is 14.3 Å². The zero-order valence-corrected chi connectivity index (χ0v) is 49.4. The van der Waals surface area contributed by atoms with Crippen molar-refractivity contribution in [1.29, 1.82) is 0 Å². The van der Waals surface area contributed by atoms with Gasteiger partial charge in [-0.1, -0.05) is 321 Å². The molecule has 0 rings (SSSR count). The molecule has 6 heteroatoms. The van der Waals surface area contributed by atoms with Crippen LogP contribution >= 0.6 is 0 Å². The van der Waals surface area contributed by atoms with Gasteiger partial charge in [0.1, 0.15) is 0 Å². The first kappa shape index (κ1) is 71.3. The lowest BCUT2D eigenvalue weighted by molar-refractivity contribution is -0.143. The Morgan fingerprint density at radius 1 is 0.370 bits per heavy atom. The van der Waals surface area contributed by atoms with Crippen molar-refractivity contribution < 1.29 is 24.5 Å². The minimum Gasteiger partial charge on any atom is -0.466 e. The van der Waals surface area contributed by atoms with Crippen LogP contribution in [0.3, 0.4) is 0 Å². The number of hydrogen-bond acceptors (Lipinski definition) is 5. The number of aliphatic hydroxyl groups excluding tert-OH is 2. The molecule has 0 fully saturated rings. The number of rotatable bonds is 62. The van der Waals surface area contributed by atoms with Gasteiger partial charge in [0, 0.05) is 12.8 Å². The molecule has 0 aromatic rings. The van der Waals surface area contributed by atoms with Gasteiger partial charge in [-0.25, -0.2) is 0 Å². The zero-order valence-electron chi connectivity index (χ0n) is 49.4. The maximum absolute atomic E-state index is 12.5. The number of allylic oxidation sites excluding steroid dienone is 3. The highest BCUT2D eigenvalue weighted by molar-refractivity contribution is 5.76. The minimum absolute atomic E-state index is 0.0181. The molecular weight excluding hydrogens is 899 g/mol. The molecule has 0 aliphatic carbocycles. The van der Waals surface area contributed by atoms with E-state index in [1.807, 2.05) is 6.08 Å². The summed E-state index contributed by atoms with van der Waals surface area (Å²) in [4.78, 5) is 24.5. The third kappa shape index (κ3) is 59.4. The van der Waals surface area contributed by atoms with Crippen LogP contribution in [0, 0.1) is 0 Å². The van der Waals surface area contributed by atoms with Crippen LogP contribution in [0.2, 0.25) is 0 Å². The number of esters is 1. The lowest BCUT2D eigenvalue weighted by Crippen LogP contribution is -2.45. The fourth-order valence-electron chi connectivity index (χ4n) is 10.4. The second-order valence-corrected chi connectivity index (χ2v) is 22.8. The molecule has 2 unspecified atom stereocenters. The molecule has 0 bridgehead atoms. The Bertz CT molecular complexity index is 1140. The number of hydrogen-bond donors (Lipinski definition) is 3. The summed E-state index contributed by atoms with van der Waals surface area (Å²) in [6.07, 6.45) is 78.1. The monoisotopic (exact) mass is 1030 g/mol. The number of aliphatic hydroxyl groups is 2. The molecule has 0 aliphatic rings. The predicted octanol–water partition coefficient (Wildman–Crippen LogP) is 21.0. The fraction of sp³-hybridized carbons (Fsp3) is 0.910. The molecule has 73 heavy (non-hydrogen) atoms. The van der Waals surface area contributed by atoms with E-state index in [1.54, 1.807) is 6.08 Å². The first-order valence-corrected chi connectivity index (χ1v) is 33.1. The van der Waals surface area contributed by atoms with Crippen LogP contribution in [-0.4, -0.2) is 47.4 Å². The van der Waals surface area contributed by atoms with Crippen LogP contribution in [0.15, 0.2) is 24.3 Å². The second-order valence-electron chi connectivity index (χ2n) is 22.8. The van der Waals surface area contributed by atoms with Crippen molar-refractivity contribution in [2.45, 2.75) is 379 Å². The van der Waals surface area contributed by atoms with Crippen LogP contribution < -0.4 is 5.32 Å². The minimum atomic E-state index is -0.844. The van der Waals surface area contributed by atoms with Crippen molar-refractivity contribution in [3.05, 3.63) is 24.3 Å². The third-order valence-electron chi connectivity index (χ3n) is 15.5. The summed E-state index contributed by atoms with van der Waals surface area (Å²) in [6.45, 7) is 4.93. The summed E-state index contributed by atoms with van der Waals surface area (Å²) in [7, 11) is 0. The Kier molecular flexibility index (Phi) is 61.4. The lowest BCUT2D eigenvalue weighted by atomic mass is 10.0. The summed E-state index contributed by atoms with van der Waals surface area (Å²) < 4.78 is 5.49. The molecule has 0 saturated heterocycles. The average Bonchev–Trinajstić information content (AvgIpc) is 3.39. The molecule has 6 nitrogen and oxygen atoms in total. The largest absolute Gasteiger partial charge is 0.466 e. The Balaban J connectivity index is 3.38. The smallest absolute Gasteiger partial charge is 0.305 e. The Labute approximate surface area is 456 Å². The van der Waals surface area contributed by atoms with Crippen LogP contribution in [0.1, 0.15) is 367 Å². The van der Waals surface area contributed by atoms with Crippen molar-refractivity contribution in [3.8, 4) is 0 Å². The number of carbonyl (C=O) groups is 2. The molecule has 0 saturated carbocycles. The van der Waals surface area contributed by atoms with E-state index in [2.05, 4.69) is 31.3 Å². The number of carbonyl (C=O) groups excluding carboxylic acids is 2. The van der Waals surface area contributed by atoms with Crippen molar-refractivity contribution >= 4 is 11.9 Å². The Morgan fingerprint density at radius 3 is 0.973 bits per heavy atom. The van der Waals surface area contributed by atoms with Crippen molar-refractivity contribution in [2.24, 2.45) is 0 Å². The molecule has 0 aromatic carbocycles. The van der Waals surface area contributed by atoms with Gasteiger partial charge in [-0.15, -0.1) is 0 Å². The molecule has 432 valence electrons. The number of amides is 1. The molecule has 0 radical (unpaired) electrons. The topological polar surface area (TPSA) is 95.9 Å². The standard InChI is InChI=1S/C67H129NO5/c1-3-5-7-9-11-13-15-17-32-37-41-45-49-53-57-61-67(72)73-62-58-54-50-46-42-38-34-31-29-27-25-23-21-19-20-22-24-26-28-30-33-36-40-44-48-52-56-60-66(71)68-64(63-69)65(70)59-55-51-47-43-39-35-18-16-14-12-10-8-6-4-2/h19-20,55,59,64-65,69-70H,3-18,21-54,56-58,60-63H2,1-2H3,(H,68,71)/b20-19-,59-55+. The van der Waals surface area contributed by atoms with E-state index in [9.17, 15) is 19.8 Å². The predicted molar refractivity (Wildman–Crippen MR) is 320 cm³/mol. The van der Waals surface area contributed by atoms with Crippen molar-refractivity contribution in [1.82, 2.24) is 5.32 Å². The van der Waals surface area contributed by atoms with Gasteiger partial charge in [-0.3, -0.25) is 9.59 Å². The van der Waals surface area contributed by atoms with E-state index in [1.165, 1.54) is 302 Å². The number of nitrogens with one attached hydrogen (secondary N) is 1. The molecule has 1 amide bonds. The molecule has 0 aliphatic heterocycles. The highest BCUT2D eigenvalue weighted by Gasteiger charge is 2.18. The van der Waals surface area contributed by atoms with E-state index >= 15 is 0 Å². The first-order chi connectivity index (χ1) is 36.0. The molecule has 3 N–H and O–H groups in total. The fourth-order valence-corrected chi connectivity index (χ4v) is 10.4. The van der Waals surface area contributed by atoms with Gasteiger partial charge in [0.25, 0.3) is 0 Å². The Hall–Kier alpha value is -1.66. The molecule has 0 heterocycles. The zero-order chi connectivity index (χ0) is 52.9. The van der Waals surface area contributed by atoms with Gasteiger partial charge < -0.3 is 20.3 Å². The SMILES string of the molecule is CCCCCCCCCCCCCC/C=C/C(O)C(CO)NC(=O)CCCCCCCCCCCCC/C=C\CCCCCCCCCCCCCCOC(=O)CCCCCCCCCCCCCCCCC. The second kappa shape index (κ2) is 62.9. The highest BCUT2D eigenvalue weighted by Crippen LogP contribution is 2.18. The summed E-state index contributed by atoms with van der Waals surface area (Å²) in [5.74, 6) is -0.0491. The van der Waals surface area contributed by atoms with Gasteiger partial charge in [0.15, 0.2) is 0 Å². The molecule has 0 spiro atoms. The molecule has 0 aromatic heterocycles. The van der Waals surface area contributed by atoms with E-state index in [4.69, 9.17) is 4.74 Å². The van der Waals surface area contributed by atoms with Gasteiger partial charge in [-0.05, 0) is 57.8 Å². The summed E-state index contributed by atoms with van der Waals surface area (Å²) in [5.41, 5.74) is 0. The summed E-state index contributed by atoms with van der Waals surface area (Å²) >= 11 is 0. The normalized spacial score (nSPS) is 12.7. The first-order valence-electron chi connectivity index (χ1n) is 33.1.